The smallest absolute Gasteiger partial charge is 0.213 e. The van der Waals surface area contributed by atoms with Crippen LogP contribution in [0.5, 0.6) is 5.75 Å². The van der Waals surface area contributed by atoms with Gasteiger partial charge in [0.15, 0.2) is 0 Å². The Morgan fingerprint density at radius 3 is 2.63 bits per heavy atom. The van der Waals surface area contributed by atoms with Gasteiger partial charge in [-0.2, -0.15) is 5.10 Å². The molecular weight excluding hydrogens is 512 g/mol. The van der Waals surface area contributed by atoms with Crippen LogP contribution >= 0.6 is 54.8 Å². The second kappa shape index (κ2) is 6.92. The first-order valence-electron chi connectivity index (χ1n) is 8.41. The van der Waals surface area contributed by atoms with E-state index in [0.29, 0.717) is 5.02 Å². The zero-order valence-electron chi connectivity index (χ0n) is 13.9. The van der Waals surface area contributed by atoms with E-state index in [4.69, 9.17) is 21.4 Å². The highest BCUT2D eigenvalue weighted by molar-refractivity contribution is 9.11. The molecule has 0 radical (unpaired) electrons. The van der Waals surface area contributed by atoms with E-state index >= 15 is 0 Å². The molecule has 5 rings (SSSR count). The molecule has 27 heavy (non-hydrogen) atoms. The molecule has 2 aliphatic heterocycles. The van der Waals surface area contributed by atoms with Crippen molar-refractivity contribution in [3.63, 3.8) is 0 Å². The molecule has 3 nitrogen and oxygen atoms in total. The molecule has 0 N–H and O–H groups in total. The summed E-state index contributed by atoms with van der Waals surface area (Å²) < 4.78 is 8.52. The number of hydrogen-bond donors (Lipinski definition) is 0. The van der Waals surface area contributed by atoms with Crippen LogP contribution in [0.4, 0.5) is 0 Å². The molecule has 2 atom stereocenters. The normalized spacial score (nSPS) is 20.7. The van der Waals surface area contributed by atoms with Crippen molar-refractivity contribution in [3.8, 4) is 5.75 Å². The molecule has 0 amide bonds. The summed E-state index contributed by atoms with van der Waals surface area (Å²) in [5.41, 5.74) is 3.28. The van der Waals surface area contributed by atoms with Gasteiger partial charge in [-0.05, 0) is 58.4 Å². The Balaban J connectivity index is 1.60. The van der Waals surface area contributed by atoms with Gasteiger partial charge in [0, 0.05) is 27.0 Å². The third kappa shape index (κ3) is 3.23. The zero-order chi connectivity index (χ0) is 18.5. The van der Waals surface area contributed by atoms with Crippen molar-refractivity contribution in [1.82, 2.24) is 5.01 Å². The molecule has 136 valence electrons. The van der Waals surface area contributed by atoms with E-state index in [1.165, 1.54) is 4.88 Å². The van der Waals surface area contributed by atoms with Crippen LogP contribution in [-0.2, 0) is 0 Å². The summed E-state index contributed by atoms with van der Waals surface area (Å²) in [6.45, 7) is 0. The lowest BCUT2D eigenvalue weighted by Gasteiger charge is -2.38. The largest absolute Gasteiger partial charge is 0.464 e. The lowest BCUT2D eigenvalue weighted by Crippen LogP contribution is -2.33. The van der Waals surface area contributed by atoms with E-state index < -0.39 is 0 Å². The fraction of sp³-hybridized carbons (Fsp3) is 0.150. The quantitative estimate of drug-likeness (QED) is 0.355. The van der Waals surface area contributed by atoms with Crippen LogP contribution in [0.1, 0.15) is 34.7 Å². The zero-order valence-corrected chi connectivity index (χ0v) is 18.6. The minimum atomic E-state index is -0.276. The summed E-state index contributed by atoms with van der Waals surface area (Å²) in [6.07, 6.45) is 0.575. The monoisotopic (exact) mass is 522 g/mol. The van der Waals surface area contributed by atoms with E-state index in [-0.39, 0.29) is 12.3 Å². The highest BCUT2D eigenvalue weighted by atomic mass is 79.9. The fourth-order valence-electron chi connectivity index (χ4n) is 3.52. The number of rotatable bonds is 2. The number of benzene rings is 2. The predicted molar refractivity (Wildman–Crippen MR) is 117 cm³/mol. The van der Waals surface area contributed by atoms with Crippen molar-refractivity contribution in [3.05, 3.63) is 83.9 Å². The second-order valence-electron chi connectivity index (χ2n) is 6.45. The minimum absolute atomic E-state index is 0.141. The number of thiophene rings is 1. The van der Waals surface area contributed by atoms with Crippen molar-refractivity contribution < 1.29 is 4.74 Å². The maximum atomic E-state index is 6.37. The first-order valence-corrected chi connectivity index (χ1v) is 11.2. The minimum Gasteiger partial charge on any atom is -0.464 e. The molecule has 2 aromatic carbocycles. The standard InChI is InChI=1S/C20H13Br2ClN2OS/c21-12-3-6-17-14(9-12)16-10-15(18-7-8-19(22)27-18)24-25(16)20(26-17)11-1-4-13(23)5-2-11/h1-9,16,20H,10H2. The Hall–Kier alpha value is -1.34. The lowest BCUT2D eigenvalue weighted by molar-refractivity contribution is -0.0190. The first kappa shape index (κ1) is 17.7. The molecule has 0 saturated heterocycles. The molecule has 3 aromatic rings. The SMILES string of the molecule is Clc1ccc(C2Oc3ccc(Br)cc3C3CC(c4ccc(Br)s4)=NN32)cc1. The maximum Gasteiger partial charge on any atom is 0.213 e. The molecule has 2 aliphatic rings. The topological polar surface area (TPSA) is 24.8 Å². The number of fused-ring (bicyclic) bond motifs is 3. The molecule has 2 unspecified atom stereocenters. The number of nitrogens with zero attached hydrogens (tertiary/aromatic N) is 2. The van der Waals surface area contributed by atoms with Gasteiger partial charge in [-0.25, -0.2) is 5.01 Å². The van der Waals surface area contributed by atoms with Gasteiger partial charge in [0.2, 0.25) is 6.23 Å². The summed E-state index contributed by atoms with van der Waals surface area (Å²) >= 11 is 14.9. The molecule has 0 saturated carbocycles. The summed E-state index contributed by atoms with van der Waals surface area (Å²) in [5.74, 6) is 0.906. The molecule has 0 aliphatic carbocycles. The van der Waals surface area contributed by atoms with Crippen LogP contribution in [0.15, 0.2) is 68.0 Å². The number of ether oxygens (including phenoxy) is 1. The van der Waals surface area contributed by atoms with Crippen molar-refractivity contribution >= 4 is 60.5 Å². The van der Waals surface area contributed by atoms with Gasteiger partial charge < -0.3 is 4.74 Å². The molecule has 0 fully saturated rings. The second-order valence-corrected chi connectivity index (χ2v) is 10.3. The van der Waals surface area contributed by atoms with Gasteiger partial charge in [-0.15, -0.1) is 11.3 Å². The molecule has 0 spiro atoms. The summed E-state index contributed by atoms with van der Waals surface area (Å²) in [7, 11) is 0. The average Bonchev–Trinajstić information content (AvgIpc) is 3.28. The third-order valence-electron chi connectivity index (χ3n) is 4.76. The van der Waals surface area contributed by atoms with Crippen molar-refractivity contribution in [1.29, 1.82) is 0 Å². The molecule has 0 bridgehead atoms. The Bertz CT molecular complexity index is 1050. The molecule has 7 heteroatoms. The van der Waals surface area contributed by atoms with Crippen LogP contribution in [0, 0.1) is 0 Å². The number of hydrazone groups is 1. The van der Waals surface area contributed by atoms with Crippen molar-refractivity contribution in [2.45, 2.75) is 18.7 Å². The fourth-order valence-corrected chi connectivity index (χ4v) is 5.41. The summed E-state index contributed by atoms with van der Waals surface area (Å²) in [4.78, 5) is 1.18. The molecular formula is C20H13Br2ClN2OS. The van der Waals surface area contributed by atoms with Gasteiger partial charge in [0.05, 0.1) is 20.4 Å². The van der Waals surface area contributed by atoms with Crippen LogP contribution in [0.2, 0.25) is 5.02 Å². The van der Waals surface area contributed by atoms with Crippen LogP contribution in [-0.4, -0.2) is 10.7 Å². The average molecular weight is 525 g/mol. The third-order valence-corrected chi connectivity index (χ3v) is 7.18. The van der Waals surface area contributed by atoms with E-state index in [0.717, 1.165) is 37.3 Å². The number of hydrogen-bond acceptors (Lipinski definition) is 4. The summed E-state index contributed by atoms with van der Waals surface area (Å²) in [6, 6.07) is 18.3. The number of halogens is 3. The van der Waals surface area contributed by atoms with E-state index in [1.54, 1.807) is 11.3 Å². The van der Waals surface area contributed by atoms with Gasteiger partial charge in [0.25, 0.3) is 0 Å². The van der Waals surface area contributed by atoms with Gasteiger partial charge in [-0.1, -0.05) is 39.7 Å². The highest BCUT2D eigenvalue weighted by Gasteiger charge is 2.41. The first-order chi connectivity index (χ1) is 13.1. The van der Waals surface area contributed by atoms with Crippen molar-refractivity contribution in [2.24, 2.45) is 5.10 Å². The van der Waals surface area contributed by atoms with E-state index in [2.05, 4.69) is 55.1 Å². The van der Waals surface area contributed by atoms with Crippen LogP contribution in [0.25, 0.3) is 0 Å². The van der Waals surface area contributed by atoms with Gasteiger partial charge >= 0.3 is 0 Å². The predicted octanol–water partition coefficient (Wildman–Crippen LogP) is 7.17. The van der Waals surface area contributed by atoms with Gasteiger partial charge in [0.1, 0.15) is 5.75 Å². The van der Waals surface area contributed by atoms with Crippen LogP contribution in [0.3, 0.4) is 0 Å². The van der Waals surface area contributed by atoms with E-state index in [9.17, 15) is 0 Å². The van der Waals surface area contributed by atoms with Crippen molar-refractivity contribution in [2.75, 3.05) is 0 Å². The molecule has 1 aromatic heterocycles. The Labute approximate surface area is 182 Å². The Kier molecular flexibility index (Phi) is 4.55. The van der Waals surface area contributed by atoms with Crippen LogP contribution < -0.4 is 4.74 Å². The summed E-state index contributed by atoms with van der Waals surface area (Å²) in [5, 5.41) is 7.77. The highest BCUT2D eigenvalue weighted by Crippen LogP contribution is 2.48. The maximum absolute atomic E-state index is 6.37. The lowest BCUT2D eigenvalue weighted by atomic mass is 9.98. The molecule has 3 heterocycles. The van der Waals surface area contributed by atoms with Gasteiger partial charge in [-0.3, -0.25) is 0 Å². The Morgan fingerprint density at radius 2 is 1.89 bits per heavy atom. The Morgan fingerprint density at radius 1 is 1.07 bits per heavy atom. The van der Waals surface area contributed by atoms with E-state index in [1.807, 2.05) is 36.4 Å².